The number of carboxylic acids is 1. The number of nitrogens with one attached hydrogen (secondary N) is 1. The van der Waals surface area contributed by atoms with Gasteiger partial charge in [0.1, 0.15) is 5.82 Å². The van der Waals surface area contributed by atoms with E-state index in [9.17, 15) is 14.3 Å². The fourth-order valence-electron chi connectivity index (χ4n) is 5.02. The molecule has 0 amide bonds. The van der Waals surface area contributed by atoms with Gasteiger partial charge >= 0.3 is 5.97 Å². The SMILES string of the molecule is COc1ccc(C(CC(=O)O)C2CCN(CCc3ccc4c(n3)NCCC4)CC2)cc1F. The average molecular weight is 442 g/mol. The predicted octanol–water partition coefficient (Wildman–Crippen LogP) is 4.10. The number of halogens is 1. The van der Waals surface area contributed by atoms with Crippen molar-refractivity contribution in [1.29, 1.82) is 0 Å². The number of anilines is 1. The highest BCUT2D eigenvalue weighted by atomic mass is 19.1. The normalized spacial score (nSPS) is 17.9. The quantitative estimate of drug-likeness (QED) is 0.643. The van der Waals surface area contributed by atoms with Gasteiger partial charge in [0.05, 0.1) is 13.5 Å². The molecule has 2 N–H and O–H groups in total. The summed E-state index contributed by atoms with van der Waals surface area (Å²) in [5, 5.41) is 12.8. The van der Waals surface area contributed by atoms with Gasteiger partial charge in [0, 0.05) is 25.2 Å². The van der Waals surface area contributed by atoms with Crippen LogP contribution in [0.2, 0.25) is 0 Å². The molecule has 3 heterocycles. The Labute approximate surface area is 188 Å². The average Bonchev–Trinajstić information content (AvgIpc) is 2.81. The standard InChI is InChI=1S/C25H32FN3O3/c1-32-23-7-5-19(15-22(23)26)21(16-24(30)31)17-8-12-29(13-9-17)14-10-20-6-4-18-3-2-11-27-25(18)28-20/h4-7,15,17,21H,2-3,8-14,16H2,1H3,(H,27,28)(H,30,31). The lowest BCUT2D eigenvalue weighted by atomic mass is 9.78. The molecule has 0 saturated carbocycles. The molecular weight excluding hydrogens is 409 g/mol. The summed E-state index contributed by atoms with van der Waals surface area (Å²) in [6.07, 6.45) is 4.99. The third-order valence-corrected chi connectivity index (χ3v) is 6.84. The van der Waals surface area contributed by atoms with Gasteiger partial charge in [-0.15, -0.1) is 0 Å². The molecule has 0 bridgehead atoms. The number of fused-ring (bicyclic) bond motifs is 1. The third kappa shape index (κ3) is 5.38. The smallest absolute Gasteiger partial charge is 0.303 e. The fraction of sp³-hybridized carbons (Fsp3) is 0.520. The lowest BCUT2D eigenvalue weighted by Gasteiger charge is -2.36. The van der Waals surface area contributed by atoms with E-state index < -0.39 is 11.8 Å². The van der Waals surface area contributed by atoms with Crippen LogP contribution in [-0.2, 0) is 17.6 Å². The van der Waals surface area contributed by atoms with E-state index in [2.05, 4.69) is 22.3 Å². The number of likely N-dealkylation sites (tertiary alicyclic amines) is 1. The topological polar surface area (TPSA) is 74.7 Å². The molecule has 32 heavy (non-hydrogen) atoms. The van der Waals surface area contributed by atoms with Crippen molar-refractivity contribution in [3.05, 3.63) is 53.0 Å². The minimum atomic E-state index is -0.847. The zero-order valence-electron chi connectivity index (χ0n) is 18.6. The summed E-state index contributed by atoms with van der Waals surface area (Å²) in [7, 11) is 1.43. The summed E-state index contributed by atoms with van der Waals surface area (Å²) >= 11 is 0. The van der Waals surface area contributed by atoms with Crippen molar-refractivity contribution >= 4 is 11.8 Å². The van der Waals surface area contributed by atoms with Crippen LogP contribution in [-0.4, -0.2) is 54.2 Å². The molecule has 4 rings (SSSR count). The third-order valence-electron chi connectivity index (χ3n) is 6.84. The van der Waals surface area contributed by atoms with Gasteiger partial charge in [-0.3, -0.25) is 4.79 Å². The van der Waals surface area contributed by atoms with Crippen LogP contribution >= 0.6 is 0 Å². The number of aliphatic carboxylic acids is 1. The Hall–Kier alpha value is -2.67. The highest BCUT2D eigenvalue weighted by Crippen LogP contribution is 2.37. The molecule has 1 unspecified atom stereocenters. The molecule has 0 spiro atoms. The summed E-state index contributed by atoms with van der Waals surface area (Å²) in [6.45, 7) is 3.77. The Balaban J connectivity index is 1.34. The van der Waals surface area contributed by atoms with Crippen LogP contribution in [0.1, 0.15) is 48.4 Å². The van der Waals surface area contributed by atoms with Crippen molar-refractivity contribution in [1.82, 2.24) is 9.88 Å². The Morgan fingerprint density at radius 3 is 2.84 bits per heavy atom. The second kappa shape index (κ2) is 10.3. The maximum Gasteiger partial charge on any atom is 0.303 e. The molecule has 1 fully saturated rings. The van der Waals surface area contributed by atoms with Gasteiger partial charge in [-0.25, -0.2) is 9.37 Å². The summed E-state index contributed by atoms with van der Waals surface area (Å²) in [5.41, 5.74) is 3.16. The Morgan fingerprint density at radius 2 is 2.12 bits per heavy atom. The number of rotatable bonds is 8. The van der Waals surface area contributed by atoms with Gasteiger partial charge in [-0.1, -0.05) is 12.1 Å². The predicted molar refractivity (Wildman–Crippen MR) is 122 cm³/mol. The van der Waals surface area contributed by atoms with E-state index in [1.165, 1.54) is 18.7 Å². The first-order valence-electron chi connectivity index (χ1n) is 11.5. The van der Waals surface area contributed by atoms with Gasteiger partial charge in [0.25, 0.3) is 0 Å². The van der Waals surface area contributed by atoms with Crippen LogP contribution < -0.4 is 10.1 Å². The number of aromatic nitrogens is 1. The minimum absolute atomic E-state index is 0.0164. The van der Waals surface area contributed by atoms with Gasteiger partial charge in [0.2, 0.25) is 0 Å². The van der Waals surface area contributed by atoms with E-state index in [0.29, 0.717) is 0 Å². The summed E-state index contributed by atoms with van der Waals surface area (Å²) < 4.78 is 19.3. The Bertz CT molecular complexity index is 944. The molecular formula is C25H32FN3O3. The summed E-state index contributed by atoms with van der Waals surface area (Å²) in [4.78, 5) is 18.7. The van der Waals surface area contributed by atoms with Crippen LogP contribution in [0.15, 0.2) is 30.3 Å². The van der Waals surface area contributed by atoms with Gasteiger partial charge in [0.15, 0.2) is 11.6 Å². The molecule has 1 aromatic heterocycles. The molecule has 2 aliphatic heterocycles. The van der Waals surface area contributed by atoms with E-state index in [0.717, 1.165) is 75.4 Å². The number of piperidine rings is 1. The first-order valence-corrected chi connectivity index (χ1v) is 11.5. The molecule has 0 radical (unpaired) electrons. The van der Waals surface area contributed by atoms with E-state index in [1.807, 2.05) is 0 Å². The van der Waals surface area contributed by atoms with Crippen molar-refractivity contribution in [2.75, 3.05) is 38.6 Å². The van der Waals surface area contributed by atoms with Gasteiger partial charge in [-0.2, -0.15) is 0 Å². The number of nitrogens with zero attached hydrogens (tertiary/aromatic N) is 2. The highest BCUT2D eigenvalue weighted by molar-refractivity contribution is 5.68. The zero-order chi connectivity index (χ0) is 22.5. The van der Waals surface area contributed by atoms with E-state index in [1.54, 1.807) is 12.1 Å². The second-order valence-electron chi connectivity index (χ2n) is 8.87. The number of hydrogen-bond acceptors (Lipinski definition) is 5. The van der Waals surface area contributed by atoms with Crippen molar-refractivity contribution in [2.24, 2.45) is 5.92 Å². The largest absolute Gasteiger partial charge is 0.494 e. The second-order valence-corrected chi connectivity index (χ2v) is 8.87. The number of benzene rings is 1. The number of methoxy groups -OCH3 is 1. The number of ether oxygens (including phenoxy) is 1. The number of carboxylic acid groups (broad SMARTS) is 1. The van der Waals surface area contributed by atoms with E-state index >= 15 is 0 Å². The van der Waals surface area contributed by atoms with Gasteiger partial charge in [-0.05, 0) is 79.9 Å². The van der Waals surface area contributed by atoms with Crippen LogP contribution in [0.4, 0.5) is 10.2 Å². The van der Waals surface area contributed by atoms with E-state index in [4.69, 9.17) is 9.72 Å². The highest BCUT2D eigenvalue weighted by Gasteiger charge is 2.30. The molecule has 1 atom stereocenters. The van der Waals surface area contributed by atoms with Crippen molar-refractivity contribution in [3.8, 4) is 5.75 Å². The Morgan fingerprint density at radius 1 is 1.31 bits per heavy atom. The minimum Gasteiger partial charge on any atom is -0.494 e. The number of pyridine rings is 1. The summed E-state index contributed by atoms with van der Waals surface area (Å²) in [6, 6.07) is 9.17. The fourth-order valence-corrected chi connectivity index (χ4v) is 5.02. The first-order chi connectivity index (χ1) is 15.5. The Kier molecular flexibility index (Phi) is 7.25. The molecule has 7 heteroatoms. The molecule has 6 nitrogen and oxygen atoms in total. The lowest BCUT2D eigenvalue weighted by Crippen LogP contribution is -2.37. The van der Waals surface area contributed by atoms with Crippen LogP contribution in [0.5, 0.6) is 5.75 Å². The molecule has 2 aliphatic rings. The van der Waals surface area contributed by atoms with Crippen molar-refractivity contribution in [3.63, 3.8) is 0 Å². The molecule has 172 valence electrons. The first kappa shape index (κ1) is 22.5. The number of hydrogen-bond donors (Lipinski definition) is 2. The monoisotopic (exact) mass is 441 g/mol. The van der Waals surface area contributed by atoms with Crippen LogP contribution in [0, 0.1) is 11.7 Å². The zero-order valence-corrected chi connectivity index (χ0v) is 18.6. The van der Waals surface area contributed by atoms with Crippen molar-refractivity contribution in [2.45, 2.75) is 44.4 Å². The van der Waals surface area contributed by atoms with Crippen LogP contribution in [0.25, 0.3) is 0 Å². The maximum absolute atomic E-state index is 14.3. The van der Waals surface area contributed by atoms with Crippen molar-refractivity contribution < 1.29 is 19.0 Å². The molecule has 2 aromatic rings. The molecule has 1 saturated heterocycles. The number of aryl methyl sites for hydroxylation is 1. The molecule has 1 aromatic carbocycles. The van der Waals surface area contributed by atoms with Gasteiger partial charge < -0.3 is 20.1 Å². The lowest BCUT2D eigenvalue weighted by molar-refractivity contribution is -0.137. The number of carbonyl (C=O) groups is 1. The van der Waals surface area contributed by atoms with Crippen LogP contribution in [0.3, 0.4) is 0 Å². The van der Waals surface area contributed by atoms with E-state index in [-0.39, 0.29) is 24.0 Å². The maximum atomic E-state index is 14.3. The molecule has 0 aliphatic carbocycles. The summed E-state index contributed by atoms with van der Waals surface area (Å²) in [5.74, 6) is -0.0328.